The summed E-state index contributed by atoms with van der Waals surface area (Å²) in [6, 6.07) is 5.27. The maximum atomic E-state index is 11.4. The summed E-state index contributed by atoms with van der Waals surface area (Å²) in [7, 11) is 0. The Labute approximate surface area is 115 Å². The van der Waals surface area contributed by atoms with E-state index in [1.54, 1.807) is 24.5 Å². The molecule has 7 heteroatoms. The Morgan fingerprint density at radius 1 is 1.53 bits per heavy atom. The molecule has 0 radical (unpaired) electrons. The van der Waals surface area contributed by atoms with Gasteiger partial charge in [0.2, 0.25) is 0 Å². The maximum absolute atomic E-state index is 11.4. The molecule has 2 aromatic heterocycles. The van der Waals surface area contributed by atoms with Gasteiger partial charge in [-0.05, 0) is 46.1 Å². The van der Waals surface area contributed by atoms with E-state index in [-0.39, 0.29) is 5.56 Å². The zero-order chi connectivity index (χ0) is 12.3. The van der Waals surface area contributed by atoms with E-state index >= 15 is 0 Å². The van der Waals surface area contributed by atoms with Crippen molar-refractivity contribution in [2.24, 2.45) is 0 Å². The van der Waals surface area contributed by atoms with E-state index in [1.807, 2.05) is 6.07 Å². The van der Waals surface area contributed by atoms with Crippen LogP contribution in [0.5, 0.6) is 0 Å². The zero-order valence-corrected chi connectivity index (χ0v) is 11.6. The summed E-state index contributed by atoms with van der Waals surface area (Å²) in [5, 5.41) is 0.409. The van der Waals surface area contributed by atoms with Gasteiger partial charge in [0.15, 0.2) is 0 Å². The van der Waals surface area contributed by atoms with E-state index in [0.29, 0.717) is 15.3 Å². The molecule has 0 unspecified atom stereocenters. The summed E-state index contributed by atoms with van der Waals surface area (Å²) in [6.45, 7) is 0. The lowest BCUT2D eigenvalue weighted by Gasteiger charge is -2.04. The Morgan fingerprint density at radius 3 is 3.06 bits per heavy atom. The smallest absolute Gasteiger partial charge is 0.272 e. The first-order valence-electron chi connectivity index (χ1n) is 4.58. The third-order valence-corrected chi connectivity index (χ3v) is 3.78. The van der Waals surface area contributed by atoms with E-state index < -0.39 is 0 Å². The standard InChI is InChI=1S/C10H7BrClN3OS/c11-7-4-6(5-14-9(7)12)17-15-8-2-1-3-13-10(8)16/h1-5,15H,(H,13,16). The van der Waals surface area contributed by atoms with E-state index in [9.17, 15) is 4.79 Å². The molecular weight excluding hydrogens is 326 g/mol. The molecule has 17 heavy (non-hydrogen) atoms. The van der Waals surface area contributed by atoms with Gasteiger partial charge in [-0.3, -0.25) is 4.79 Å². The number of halogens is 2. The Morgan fingerprint density at radius 2 is 2.35 bits per heavy atom. The molecule has 4 nitrogen and oxygen atoms in total. The first-order chi connectivity index (χ1) is 8.16. The number of hydrogen-bond donors (Lipinski definition) is 2. The topological polar surface area (TPSA) is 57.8 Å². The van der Waals surface area contributed by atoms with Crippen LogP contribution >= 0.6 is 39.5 Å². The molecule has 2 aromatic rings. The average Bonchev–Trinajstić information content (AvgIpc) is 2.32. The summed E-state index contributed by atoms with van der Waals surface area (Å²) in [5.41, 5.74) is 0.324. The Hall–Kier alpha value is -0.980. The second-order valence-corrected chi connectivity index (χ2v) is 5.15. The van der Waals surface area contributed by atoms with Gasteiger partial charge < -0.3 is 9.71 Å². The molecule has 88 valence electrons. The second kappa shape index (κ2) is 5.57. The van der Waals surface area contributed by atoms with Crippen LogP contribution in [0.2, 0.25) is 5.15 Å². The molecule has 0 fully saturated rings. The lowest BCUT2D eigenvalue weighted by molar-refractivity contribution is 1.22. The highest BCUT2D eigenvalue weighted by atomic mass is 79.9. The molecule has 0 atom stereocenters. The molecule has 0 spiro atoms. The van der Waals surface area contributed by atoms with Crippen molar-refractivity contribution in [3.63, 3.8) is 0 Å². The number of anilines is 1. The van der Waals surface area contributed by atoms with E-state index in [1.165, 1.54) is 11.9 Å². The van der Waals surface area contributed by atoms with Gasteiger partial charge >= 0.3 is 0 Å². The van der Waals surface area contributed by atoms with Gasteiger partial charge in [0.05, 0.1) is 4.47 Å². The number of nitrogens with zero attached hydrogens (tertiary/aromatic N) is 1. The fourth-order valence-corrected chi connectivity index (χ4v) is 2.35. The highest BCUT2D eigenvalue weighted by molar-refractivity contribution is 9.10. The normalized spacial score (nSPS) is 10.2. The molecule has 0 amide bonds. The van der Waals surface area contributed by atoms with Gasteiger partial charge in [-0.1, -0.05) is 11.6 Å². The van der Waals surface area contributed by atoms with Gasteiger partial charge in [0.1, 0.15) is 10.8 Å². The molecule has 0 saturated carbocycles. The number of pyridine rings is 2. The van der Waals surface area contributed by atoms with E-state index in [0.717, 1.165) is 4.90 Å². The van der Waals surface area contributed by atoms with Gasteiger partial charge in [0, 0.05) is 17.3 Å². The van der Waals surface area contributed by atoms with Crippen molar-refractivity contribution < 1.29 is 0 Å². The molecule has 0 aliphatic carbocycles. The molecule has 0 bridgehead atoms. The predicted molar refractivity (Wildman–Crippen MR) is 73.5 cm³/mol. The third-order valence-electron chi connectivity index (χ3n) is 1.87. The number of rotatable bonds is 3. The fourth-order valence-electron chi connectivity index (χ4n) is 1.08. The average molecular weight is 333 g/mol. The molecule has 0 aromatic carbocycles. The van der Waals surface area contributed by atoms with Crippen LogP contribution < -0.4 is 10.3 Å². The summed E-state index contributed by atoms with van der Waals surface area (Å²) >= 11 is 10.4. The molecule has 0 aliphatic heterocycles. The van der Waals surface area contributed by atoms with Crippen LogP contribution in [0.4, 0.5) is 5.69 Å². The van der Waals surface area contributed by atoms with Crippen LogP contribution in [0.25, 0.3) is 0 Å². The van der Waals surface area contributed by atoms with Crippen molar-refractivity contribution in [2.75, 3.05) is 4.72 Å². The van der Waals surface area contributed by atoms with Crippen molar-refractivity contribution in [3.8, 4) is 0 Å². The molecular formula is C10H7BrClN3OS. The largest absolute Gasteiger partial charge is 0.327 e. The van der Waals surface area contributed by atoms with Crippen molar-refractivity contribution in [1.82, 2.24) is 9.97 Å². The number of nitrogens with one attached hydrogen (secondary N) is 2. The maximum Gasteiger partial charge on any atom is 0.272 e. The zero-order valence-electron chi connectivity index (χ0n) is 8.41. The first-order valence-corrected chi connectivity index (χ1v) is 6.57. The van der Waals surface area contributed by atoms with Crippen LogP contribution in [0.3, 0.4) is 0 Å². The van der Waals surface area contributed by atoms with Gasteiger partial charge in [-0.2, -0.15) is 0 Å². The quantitative estimate of drug-likeness (QED) is 0.669. The first kappa shape index (κ1) is 12.5. The highest BCUT2D eigenvalue weighted by Gasteiger charge is 2.02. The van der Waals surface area contributed by atoms with E-state index in [4.69, 9.17) is 11.6 Å². The number of aromatic amines is 1. The summed E-state index contributed by atoms with van der Waals surface area (Å²) in [4.78, 5) is 18.8. The van der Waals surface area contributed by atoms with Gasteiger partial charge in [-0.25, -0.2) is 4.98 Å². The third kappa shape index (κ3) is 3.24. The van der Waals surface area contributed by atoms with Crippen molar-refractivity contribution >= 4 is 45.2 Å². The van der Waals surface area contributed by atoms with Crippen LogP contribution in [0.1, 0.15) is 0 Å². The number of aromatic nitrogens is 2. The Balaban J connectivity index is 2.10. The van der Waals surface area contributed by atoms with Crippen LogP contribution in [0, 0.1) is 0 Å². The predicted octanol–water partition coefficient (Wildman–Crippen LogP) is 3.31. The molecule has 2 rings (SSSR count). The Kier molecular flexibility index (Phi) is 4.09. The van der Waals surface area contributed by atoms with Crippen molar-refractivity contribution in [3.05, 3.63) is 50.6 Å². The number of H-pyrrole nitrogens is 1. The minimum atomic E-state index is -0.166. The number of hydrogen-bond acceptors (Lipinski definition) is 4. The van der Waals surface area contributed by atoms with Gasteiger partial charge in [0.25, 0.3) is 5.56 Å². The lowest BCUT2D eigenvalue weighted by atomic mass is 10.4. The molecule has 0 saturated heterocycles. The summed E-state index contributed by atoms with van der Waals surface area (Å²) in [5.74, 6) is 0. The Bertz CT molecular complexity index is 590. The minimum absolute atomic E-state index is 0.166. The summed E-state index contributed by atoms with van der Waals surface area (Å²) in [6.07, 6.45) is 3.21. The van der Waals surface area contributed by atoms with E-state index in [2.05, 4.69) is 30.6 Å². The fraction of sp³-hybridized carbons (Fsp3) is 0. The van der Waals surface area contributed by atoms with Crippen LogP contribution in [-0.2, 0) is 0 Å². The van der Waals surface area contributed by atoms with Crippen molar-refractivity contribution in [2.45, 2.75) is 4.90 Å². The van der Waals surface area contributed by atoms with Crippen molar-refractivity contribution in [1.29, 1.82) is 0 Å². The lowest BCUT2D eigenvalue weighted by Crippen LogP contribution is -2.08. The molecule has 2 heterocycles. The highest BCUT2D eigenvalue weighted by Crippen LogP contribution is 2.26. The summed E-state index contributed by atoms with van der Waals surface area (Å²) < 4.78 is 3.66. The molecule has 2 N–H and O–H groups in total. The minimum Gasteiger partial charge on any atom is -0.327 e. The monoisotopic (exact) mass is 331 g/mol. The van der Waals surface area contributed by atoms with Crippen LogP contribution in [-0.4, -0.2) is 9.97 Å². The van der Waals surface area contributed by atoms with Gasteiger partial charge in [-0.15, -0.1) is 0 Å². The second-order valence-electron chi connectivity index (χ2n) is 3.06. The molecule has 0 aliphatic rings. The van der Waals surface area contributed by atoms with Crippen LogP contribution in [0.15, 0.2) is 44.8 Å². The SMILES string of the molecule is O=c1[nH]cccc1NSc1cnc(Cl)c(Br)c1.